The summed E-state index contributed by atoms with van der Waals surface area (Å²) >= 11 is 12.0. The average Bonchev–Trinajstić information content (AvgIpc) is 2.73. The van der Waals surface area contributed by atoms with Crippen molar-refractivity contribution in [1.29, 1.82) is 0 Å². The Labute approximate surface area is 113 Å². The lowest BCUT2D eigenvalue weighted by Gasteiger charge is -2.24. The number of alkyl halides is 2. The molecule has 1 N–H and O–H groups in total. The number of likely N-dealkylation sites (tertiary alicyclic amines) is 1. The third-order valence-electron chi connectivity index (χ3n) is 4.08. The van der Waals surface area contributed by atoms with Crippen LogP contribution in [0.5, 0.6) is 0 Å². The highest BCUT2D eigenvalue weighted by Gasteiger charge is 2.67. The van der Waals surface area contributed by atoms with Gasteiger partial charge in [0, 0.05) is 12.6 Å². The molecule has 0 bridgehead atoms. The predicted octanol–water partition coefficient (Wildman–Crippen LogP) is 2.17. The fourth-order valence-corrected chi connectivity index (χ4v) is 3.10. The molecular formula is C12H20Cl2N2O. The maximum Gasteiger partial charge on any atom is 0.229 e. The van der Waals surface area contributed by atoms with Crippen molar-refractivity contribution in [3.8, 4) is 0 Å². The third-order valence-corrected chi connectivity index (χ3v) is 5.18. The van der Waals surface area contributed by atoms with Crippen molar-refractivity contribution in [3.05, 3.63) is 0 Å². The smallest absolute Gasteiger partial charge is 0.229 e. The van der Waals surface area contributed by atoms with Crippen LogP contribution in [0.2, 0.25) is 0 Å². The van der Waals surface area contributed by atoms with Gasteiger partial charge in [0.1, 0.15) is 4.33 Å². The van der Waals surface area contributed by atoms with Gasteiger partial charge in [-0.25, -0.2) is 0 Å². The van der Waals surface area contributed by atoms with E-state index in [1.165, 1.54) is 12.8 Å². The molecule has 17 heavy (non-hydrogen) atoms. The number of carbonyl (C=O) groups excluding carboxylic acids is 1. The fraction of sp³-hybridized carbons (Fsp3) is 0.917. The van der Waals surface area contributed by atoms with E-state index >= 15 is 0 Å². The minimum Gasteiger partial charge on any atom is -0.354 e. The minimum absolute atomic E-state index is 0.0199. The van der Waals surface area contributed by atoms with E-state index in [0.29, 0.717) is 19.0 Å². The Morgan fingerprint density at radius 1 is 1.41 bits per heavy atom. The zero-order valence-corrected chi connectivity index (χ0v) is 11.9. The molecule has 0 radical (unpaired) electrons. The third kappa shape index (κ3) is 2.56. The summed E-state index contributed by atoms with van der Waals surface area (Å²) in [5.74, 6) is -0.0199. The van der Waals surface area contributed by atoms with Crippen LogP contribution in [-0.4, -0.2) is 40.8 Å². The van der Waals surface area contributed by atoms with Crippen LogP contribution in [0.3, 0.4) is 0 Å². The van der Waals surface area contributed by atoms with Crippen molar-refractivity contribution in [3.63, 3.8) is 0 Å². The van der Waals surface area contributed by atoms with E-state index < -0.39 is 9.75 Å². The molecule has 98 valence electrons. The van der Waals surface area contributed by atoms with E-state index in [1.807, 2.05) is 6.92 Å². The monoisotopic (exact) mass is 278 g/mol. The lowest BCUT2D eigenvalue weighted by atomic mass is 10.1. The quantitative estimate of drug-likeness (QED) is 0.800. The highest BCUT2D eigenvalue weighted by molar-refractivity contribution is 6.53. The molecule has 1 amide bonds. The molecule has 1 heterocycles. The topological polar surface area (TPSA) is 32.3 Å². The maximum absolute atomic E-state index is 12.0. The summed E-state index contributed by atoms with van der Waals surface area (Å²) in [5.41, 5.74) is -0.596. The SMILES string of the molecule is C[C@@H](CNC(=O)[C@]1(C)CC1(Cl)Cl)N1CCCC1. The summed E-state index contributed by atoms with van der Waals surface area (Å²) in [7, 11) is 0. The second-order valence-corrected chi connectivity index (χ2v) is 7.00. The van der Waals surface area contributed by atoms with Crippen molar-refractivity contribution in [2.75, 3.05) is 19.6 Å². The van der Waals surface area contributed by atoms with Gasteiger partial charge in [-0.1, -0.05) is 0 Å². The highest BCUT2D eigenvalue weighted by atomic mass is 35.5. The summed E-state index contributed by atoms with van der Waals surface area (Å²) in [5, 5.41) is 2.97. The first-order chi connectivity index (χ1) is 7.87. The van der Waals surface area contributed by atoms with Crippen molar-refractivity contribution < 1.29 is 4.79 Å². The highest BCUT2D eigenvalue weighted by Crippen LogP contribution is 2.63. The minimum atomic E-state index is -0.867. The van der Waals surface area contributed by atoms with Gasteiger partial charge in [-0.05, 0) is 46.2 Å². The Bertz CT molecular complexity index is 316. The van der Waals surface area contributed by atoms with E-state index in [4.69, 9.17) is 23.2 Å². The van der Waals surface area contributed by atoms with Crippen LogP contribution in [0, 0.1) is 5.41 Å². The molecule has 0 aromatic heterocycles. The van der Waals surface area contributed by atoms with Crippen LogP contribution >= 0.6 is 23.2 Å². The van der Waals surface area contributed by atoms with Gasteiger partial charge in [0.2, 0.25) is 5.91 Å². The Balaban J connectivity index is 1.77. The van der Waals surface area contributed by atoms with Crippen molar-refractivity contribution in [2.24, 2.45) is 5.41 Å². The first-order valence-electron chi connectivity index (χ1n) is 6.27. The molecule has 2 atom stereocenters. The van der Waals surface area contributed by atoms with Gasteiger partial charge in [-0.3, -0.25) is 9.69 Å². The largest absolute Gasteiger partial charge is 0.354 e. The molecule has 1 saturated carbocycles. The lowest BCUT2D eigenvalue weighted by Crippen LogP contribution is -2.43. The summed E-state index contributed by atoms with van der Waals surface area (Å²) < 4.78 is -0.867. The van der Waals surface area contributed by atoms with Gasteiger partial charge in [-0.2, -0.15) is 0 Å². The van der Waals surface area contributed by atoms with E-state index in [1.54, 1.807) is 0 Å². The molecular weight excluding hydrogens is 259 g/mol. The van der Waals surface area contributed by atoms with Gasteiger partial charge in [0.25, 0.3) is 0 Å². The Hall–Kier alpha value is 0.01000. The van der Waals surface area contributed by atoms with E-state index in [9.17, 15) is 4.79 Å². The number of nitrogens with zero attached hydrogens (tertiary/aromatic N) is 1. The zero-order valence-electron chi connectivity index (χ0n) is 10.4. The van der Waals surface area contributed by atoms with Crippen LogP contribution in [0.1, 0.15) is 33.1 Å². The fourth-order valence-electron chi connectivity index (χ4n) is 2.39. The maximum atomic E-state index is 12.0. The molecule has 0 aromatic carbocycles. The molecule has 0 aromatic rings. The molecule has 0 spiro atoms. The van der Waals surface area contributed by atoms with Crippen molar-refractivity contribution in [1.82, 2.24) is 10.2 Å². The second kappa shape index (κ2) is 4.60. The number of hydrogen-bond acceptors (Lipinski definition) is 2. The Kier molecular flexibility index (Phi) is 3.64. The molecule has 2 fully saturated rings. The summed E-state index contributed by atoms with van der Waals surface area (Å²) in [6, 6.07) is 0.392. The lowest BCUT2D eigenvalue weighted by molar-refractivity contribution is -0.126. The van der Waals surface area contributed by atoms with Crippen LogP contribution < -0.4 is 5.32 Å². The Morgan fingerprint density at radius 2 is 1.94 bits per heavy atom. The van der Waals surface area contributed by atoms with Crippen molar-refractivity contribution in [2.45, 2.75) is 43.5 Å². The standard InChI is InChI=1S/C12H20Cl2N2O/c1-9(16-5-3-4-6-16)7-15-10(17)11(2)8-12(11,13)14/h9H,3-8H2,1-2H3,(H,15,17)/t9-,11-/m0/s1. The second-order valence-electron chi connectivity index (χ2n) is 5.52. The number of nitrogens with one attached hydrogen (secondary N) is 1. The summed E-state index contributed by atoms with van der Waals surface area (Å²) in [4.78, 5) is 14.4. The molecule has 5 heteroatoms. The van der Waals surface area contributed by atoms with Crippen LogP contribution in [-0.2, 0) is 4.79 Å². The predicted molar refractivity (Wildman–Crippen MR) is 70.4 cm³/mol. The summed E-state index contributed by atoms with van der Waals surface area (Å²) in [6.45, 7) is 6.93. The van der Waals surface area contributed by atoms with Crippen LogP contribution in [0.15, 0.2) is 0 Å². The molecule has 2 rings (SSSR count). The van der Waals surface area contributed by atoms with Gasteiger partial charge in [0.05, 0.1) is 5.41 Å². The average molecular weight is 279 g/mol. The molecule has 0 unspecified atom stereocenters. The first kappa shape index (κ1) is 13.4. The number of rotatable bonds is 4. The van der Waals surface area contributed by atoms with Gasteiger partial charge in [0.15, 0.2) is 0 Å². The van der Waals surface area contributed by atoms with E-state index in [0.717, 1.165) is 13.1 Å². The van der Waals surface area contributed by atoms with Gasteiger partial charge in [-0.15, -0.1) is 23.2 Å². The molecule has 3 nitrogen and oxygen atoms in total. The van der Waals surface area contributed by atoms with Gasteiger partial charge >= 0.3 is 0 Å². The van der Waals surface area contributed by atoms with Crippen LogP contribution in [0.4, 0.5) is 0 Å². The zero-order chi connectivity index (χ0) is 12.7. The van der Waals surface area contributed by atoms with Gasteiger partial charge < -0.3 is 5.32 Å². The number of hydrogen-bond donors (Lipinski definition) is 1. The number of halogens is 2. The molecule has 1 saturated heterocycles. The van der Waals surface area contributed by atoms with E-state index in [2.05, 4.69) is 17.1 Å². The van der Waals surface area contributed by atoms with E-state index in [-0.39, 0.29) is 5.91 Å². The summed E-state index contributed by atoms with van der Waals surface area (Å²) in [6.07, 6.45) is 3.08. The first-order valence-corrected chi connectivity index (χ1v) is 7.02. The molecule has 1 aliphatic carbocycles. The normalized spacial score (nSPS) is 33.4. The number of amides is 1. The molecule has 2 aliphatic rings. The number of carbonyl (C=O) groups is 1. The Morgan fingerprint density at radius 3 is 2.41 bits per heavy atom. The van der Waals surface area contributed by atoms with Crippen molar-refractivity contribution >= 4 is 29.1 Å². The molecule has 1 aliphatic heterocycles. The van der Waals surface area contributed by atoms with Crippen LogP contribution in [0.25, 0.3) is 0 Å².